The summed E-state index contributed by atoms with van der Waals surface area (Å²) in [5.74, 6) is 0. The second-order valence-corrected chi connectivity index (χ2v) is 3.62. The number of hydrogen-bond acceptors (Lipinski definition) is 3. The molecule has 0 aromatic carbocycles. The molecule has 72 valence electrons. The quantitative estimate of drug-likeness (QED) is 0.671. The van der Waals surface area contributed by atoms with Gasteiger partial charge in [0.2, 0.25) is 0 Å². The molecule has 0 bridgehead atoms. The first-order valence-corrected chi connectivity index (χ1v) is 4.75. The average molecular weight is 172 g/mol. The van der Waals surface area contributed by atoms with Crippen LogP contribution in [0.3, 0.4) is 0 Å². The standard InChI is InChI=1S/C9H20N2O/c1-8(6-10)11(2)9-4-3-5-12-7-9/h8-9H,3-7,10H2,1-2H3/t8-,9?/m1/s1. The van der Waals surface area contributed by atoms with E-state index in [1.54, 1.807) is 0 Å². The van der Waals surface area contributed by atoms with Crippen LogP contribution >= 0.6 is 0 Å². The maximum absolute atomic E-state index is 5.60. The van der Waals surface area contributed by atoms with Crippen molar-refractivity contribution in [1.82, 2.24) is 4.90 Å². The van der Waals surface area contributed by atoms with Gasteiger partial charge in [-0.15, -0.1) is 0 Å². The Balaban J connectivity index is 2.33. The molecule has 1 aliphatic heterocycles. The van der Waals surface area contributed by atoms with Gasteiger partial charge in [0.1, 0.15) is 0 Å². The predicted molar refractivity (Wildman–Crippen MR) is 50.1 cm³/mol. The van der Waals surface area contributed by atoms with Gasteiger partial charge in [0.05, 0.1) is 6.61 Å². The van der Waals surface area contributed by atoms with Gasteiger partial charge in [0, 0.05) is 25.2 Å². The van der Waals surface area contributed by atoms with E-state index in [1.165, 1.54) is 12.8 Å². The summed E-state index contributed by atoms with van der Waals surface area (Å²) in [6.07, 6.45) is 2.44. The van der Waals surface area contributed by atoms with E-state index in [-0.39, 0.29) is 0 Å². The maximum Gasteiger partial charge on any atom is 0.0621 e. The van der Waals surface area contributed by atoms with Crippen molar-refractivity contribution in [2.75, 3.05) is 26.8 Å². The van der Waals surface area contributed by atoms with Crippen LogP contribution in [-0.4, -0.2) is 43.8 Å². The molecular formula is C9H20N2O. The summed E-state index contributed by atoms with van der Waals surface area (Å²) in [4.78, 5) is 2.33. The van der Waals surface area contributed by atoms with Gasteiger partial charge in [-0.1, -0.05) is 0 Å². The second-order valence-electron chi connectivity index (χ2n) is 3.62. The van der Waals surface area contributed by atoms with Gasteiger partial charge < -0.3 is 10.5 Å². The third kappa shape index (κ3) is 2.44. The molecule has 0 saturated carbocycles. The molecule has 0 radical (unpaired) electrons. The molecular weight excluding hydrogens is 152 g/mol. The van der Waals surface area contributed by atoms with E-state index in [4.69, 9.17) is 10.5 Å². The first-order valence-electron chi connectivity index (χ1n) is 4.75. The predicted octanol–water partition coefficient (Wildman–Crippen LogP) is 0.444. The van der Waals surface area contributed by atoms with E-state index in [1.807, 2.05) is 0 Å². The molecule has 1 fully saturated rings. The molecule has 3 heteroatoms. The number of nitrogens with zero attached hydrogens (tertiary/aromatic N) is 1. The molecule has 2 atom stereocenters. The Morgan fingerprint density at radius 1 is 1.67 bits per heavy atom. The smallest absolute Gasteiger partial charge is 0.0621 e. The molecule has 0 aromatic heterocycles. The van der Waals surface area contributed by atoms with Crippen molar-refractivity contribution in [3.05, 3.63) is 0 Å². The lowest BCUT2D eigenvalue weighted by Gasteiger charge is -2.34. The van der Waals surface area contributed by atoms with Gasteiger partial charge in [-0.05, 0) is 26.8 Å². The molecule has 0 amide bonds. The summed E-state index contributed by atoms with van der Waals surface area (Å²) >= 11 is 0. The van der Waals surface area contributed by atoms with Crippen LogP contribution in [0.2, 0.25) is 0 Å². The van der Waals surface area contributed by atoms with Crippen molar-refractivity contribution in [3.8, 4) is 0 Å². The maximum atomic E-state index is 5.60. The largest absolute Gasteiger partial charge is 0.380 e. The minimum Gasteiger partial charge on any atom is -0.380 e. The number of likely N-dealkylation sites (N-methyl/N-ethyl adjacent to an activating group) is 1. The van der Waals surface area contributed by atoms with Crippen molar-refractivity contribution in [1.29, 1.82) is 0 Å². The molecule has 1 unspecified atom stereocenters. The molecule has 2 N–H and O–H groups in total. The fourth-order valence-electron chi connectivity index (χ4n) is 1.57. The zero-order valence-corrected chi connectivity index (χ0v) is 8.12. The van der Waals surface area contributed by atoms with Crippen LogP contribution in [0.1, 0.15) is 19.8 Å². The molecule has 1 rings (SSSR count). The lowest BCUT2D eigenvalue weighted by molar-refractivity contribution is 0.0161. The van der Waals surface area contributed by atoms with Crippen LogP contribution in [0, 0.1) is 0 Å². The number of hydrogen-bond donors (Lipinski definition) is 1. The average Bonchev–Trinajstić information content (AvgIpc) is 2.17. The second kappa shape index (κ2) is 4.80. The zero-order valence-electron chi connectivity index (χ0n) is 8.12. The Morgan fingerprint density at radius 3 is 2.92 bits per heavy atom. The molecule has 3 nitrogen and oxygen atoms in total. The minimum absolute atomic E-state index is 0.469. The topological polar surface area (TPSA) is 38.5 Å². The Bertz CT molecular complexity index is 124. The van der Waals surface area contributed by atoms with E-state index in [0.717, 1.165) is 19.8 Å². The van der Waals surface area contributed by atoms with Crippen molar-refractivity contribution in [2.45, 2.75) is 31.8 Å². The van der Waals surface area contributed by atoms with Crippen LogP contribution < -0.4 is 5.73 Å². The van der Waals surface area contributed by atoms with Crippen LogP contribution in [0.4, 0.5) is 0 Å². The lowest BCUT2D eigenvalue weighted by atomic mass is 10.1. The molecule has 1 heterocycles. The monoisotopic (exact) mass is 172 g/mol. The lowest BCUT2D eigenvalue weighted by Crippen LogP contribution is -2.46. The molecule has 0 spiro atoms. The van der Waals surface area contributed by atoms with Crippen LogP contribution in [-0.2, 0) is 4.74 Å². The summed E-state index contributed by atoms with van der Waals surface area (Å²) in [5, 5.41) is 0. The van der Waals surface area contributed by atoms with E-state index in [9.17, 15) is 0 Å². The summed E-state index contributed by atoms with van der Waals surface area (Å²) in [7, 11) is 2.14. The minimum atomic E-state index is 0.469. The Hall–Kier alpha value is -0.120. The van der Waals surface area contributed by atoms with E-state index >= 15 is 0 Å². The highest BCUT2D eigenvalue weighted by atomic mass is 16.5. The third-order valence-corrected chi connectivity index (χ3v) is 2.75. The van der Waals surface area contributed by atoms with Gasteiger partial charge in [-0.3, -0.25) is 4.90 Å². The number of rotatable bonds is 3. The van der Waals surface area contributed by atoms with Crippen molar-refractivity contribution in [2.24, 2.45) is 5.73 Å². The van der Waals surface area contributed by atoms with Gasteiger partial charge in [0.15, 0.2) is 0 Å². The highest BCUT2D eigenvalue weighted by Gasteiger charge is 2.21. The van der Waals surface area contributed by atoms with Crippen LogP contribution in [0.15, 0.2) is 0 Å². The molecule has 0 aliphatic carbocycles. The summed E-state index contributed by atoms with van der Waals surface area (Å²) < 4.78 is 5.42. The summed E-state index contributed by atoms with van der Waals surface area (Å²) in [5.41, 5.74) is 5.60. The summed E-state index contributed by atoms with van der Waals surface area (Å²) in [6, 6.07) is 1.05. The molecule has 0 aromatic rings. The van der Waals surface area contributed by atoms with Gasteiger partial charge in [-0.2, -0.15) is 0 Å². The number of ether oxygens (including phenoxy) is 1. The zero-order chi connectivity index (χ0) is 8.97. The fraction of sp³-hybridized carbons (Fsp3) is 1.00. The molecule has 1 saturated heterocycles. The highest BCUT2D eigenvalue weighted by Crippen LogP contribution is 2.13. The first-order chi connectivity index (χ1) is 5.75. The first kappa shape index (κ1) is 9.96. The van der Waals surface area contributed by atoms with Gasteiger partial charge in [0.25, 0.3) is 0 Å². The van der Waals surface area contributed by atoms with Crippen LogP contribution in [0.5, 0.6) is 0 Å². The number of nitrogens with two attached hydrogens (primary N) is 1. The van der Waals surface area contributed by atoms with E-state index in [2.05, 4.69) is 18.9 Å². The van der Waals surface area contributed by atoms with E-state index < -0.39 is 0 Å². The van der Waals surface area contributed by atoms with Gasteiger partial charge >= 0.3 is 0 Å². The molecule has 12 heavy (non-hydrogen) atoms. The Morgan fingerprint density at radius 2 is 2.42 bits per heavy atom. The fourth-order valence-corrected chi connectivity index (χ4v) is 1.57. The summed E-state index contributed by atoms with van der Waals surface area (Å²) in [6.45, 7) is 4.70. The van der Waals surface area contributed by atoms with Crippen molar-refractivity contribution >= 4 is 0 Å². The van der Waals surface area contributed by atoms with E-state index in [0.29, 0.717) is 12.1 Å². The Labute approximate surface area is 74.9 Å². The third-order valence-electron chi connectivity index (χ3n) is 2.75. The SMILES string of the molecule is C[C@H](CN)N(C)C1CCCOC1. The Kier molecular flexibility index (Phi) is 3.98. The van der Waals surface area contributed by atoms with Crippen molar-refractivity contribution in [3.63, 3.8) is 0 Å². The van der Waals surface area contributed by atoms with Crippen molar-refractivity contribution < 1.29 is 4.74 Å². The van der Waals surface area contributed by atoms with Crippen LogP contribution in [0.25, 0.3) is 0 Å². The molecule has 1 aliphatic rings. The normalized spacial score (nSPS) is 27.5. The van der Waals surface area contributed by atoms with Gasteiger partial charge in [-0.25, -0.2) is 0 Å². The highest BCUT2D eigenvalue weighted by molar-refractivity contribution is 4.76.